The van der Waals surface area contributed by atoms with E-state index in [4.69, 9.17) is 0 Å². The van der Waals surface area contributed by atoms with Crippen LogP contribution in [0.5, 0.6) is 0 Å². The maximum absolute atomic E-state index is 11.3. The van der Waals surface area contributed by atoms with Crippen LogP contribution in [0.1, 0.15) is 11.1 Å². The van der Waals surface area contributed by atoms with Crippen molar-refractivity contribution in [3.05, 3.63) is 29.3 Å². The third kappa shape index (κ3) is 2.51. The Morgan fingerprint density at radius 1 is 1.45 bits per heavy atom. The minimum Gasteiger partial charge on any atom is -0.480 e. The van der Waals surface area contributed by atoms with Crippen LogP contribution in [0.4, 0.5) is 5.69 Å². The lowest BCUT2D eigenvalue weighted by Crippen LogP contribution is -2.54. The molecule has 0 radical (unpaired) electrons. The van der Waals surface area contributed by atoms with Crippen molar-refractivity contribution in [2.45, 2.75) is 19.0 Å². The number of carboxylic acids is 1. The molecule has 108 valence electrons. The molecule has 0 saturated carbocycles. The predicted molar refractivity (Wildman–Crippen MR) is 78.1 cm³/mol. The molecule has 1 aromatic carbocycles. The van der Waals surface area contributed by atoms with Crippen molar-refractivity contribution in [3.63, 3.8) is 0 Å². The van der Waals surface area contributed by atoms with Crippen LogP contribution in [-0.4, -0.2) is 55.2 Å². The summed E-state index contributed by atoms with van der Waals surface area (Å²) in [5.74, 6) is -0.738. The molecule has 1 atom stereocenters. The molecule has 5 nitrogen and oxygen atoms in total. The zero-order chi connectivity index (χ0) is 14.1. The van der Waals surface area contributed by atoms with Crippen molar-refractivity contribution in [1.82, 2.24) is 10.2 Å². The maximum Gasteiger partial charge on any atom is 0.322 e. The highest BCUT2D eigenvalue weighted by Crippen LogP contribution is 2.28. The van der Waals surface area contributed by atoms with Crippen LogP contribution in [0.25, 0.3) is 0 Å². The first-order valence-corrected chi connectivity index (χ1v) is 7.15. The quantitative estimate of drug-likeness (QED) is 0.843. The van der Waals surface area contributed by atoms with Gasteiger partial charge in [0, 0.05) is 45.5 Å². The number of piperazine rings is 1. The smallest absolute Gasteiger partial charge is 0.322 e. The highest BCUT2D eigenvalue weighted by Gasteiger charge is 2.28. The Bertz CT molecular complexity index is 518. The highest BCUT2D eigenvalue weighted by molar-refractivity contribution is 5.74. The number of fused-ring (bicyclic) bond motifs is 1. The van der Waals surface area contributed by atoms with Crippen molar-refractivity contribution in [2.24, 2.45) is 0 Å². The maximum atomic E-state index is 11.3. The Hall–Kier alpha value is -1.59. The van der Waals surface area contributed by atoms with Gasteiger partial charge in [-0.15, -0.1) is 0 Å². The lowest BCUT2D eigenvalue weighted by atomic mass is 10.1. The fraction of sp³-hybridized carbons (Fsp3) is 0.533. The van der Waals surface area contributed by atoms with Crippen LogP contribution >= 0.6 is 0 Å². The number of likely N-dealkylation sites (N-methyl/N-ethyl adjacent to an activating group) is 1. The number of nitrogens with one attached hydrogen (secondary N) is 1. The number of hydrogen-bond acceptors (Lipinski definition) is 4. The Balaban J connectivity index is 1.75. The van der Waals surface area contributed by atoms with Gasteiger partial charge in [0.1, 0.15) is 6.04 Å². The van der Waals surface area contributed by atoms with Gasteiger partial charge in [-0.1, -0.05) is 12.1 Å². The second kappa shape index (κ2) is 5.42. The van der Waals surface area contributed by atoms with Crippen molar-refractivity contribution in [1.29, 1.82) is 0 Å². The Morgan fingerprint density at radius 2 is 2.30 bits per heavy atom. The van der Waals surface area contributed by atoms with E-state index in [9.17, 15) is 9.90 Å². The molecule has 1 unspecified atom stereocenters. The molecule has 1 aromatic rings. The highest BCUT2D eigenvalue weighted by atomic mass is 16.4. The molecule has 0 aromatic heterocycles. The van der Waals surface area contributed by atoms with Gasteiger partial charge >= 0.3 is 5.97 Å². The van der Waals surface area contributed by atoms with Gasteiger partial charge in [0.2, 0.25) is 0 Å². The normalized spacial score (nSPS) is 22.9. The number of anilines is 1. The first-order chi connectivity index (χ1) is 9.65. The van der Waals surface area contributed by atoms with E-state index in [2.05, 4.69) is 40.4 Å². The van der Waals surface area contributed by atoms with Gasteiger partial charge in [0.15, 0.2) is 0 Å². The van der Waals surface area contributed by atoms with Crippen molar-refractivity contribution >= 4 is 11.7 Å². The molecule has 1 saturated heterocycles. The summed E-state index contributed by atoms with van der Waals surface area (Å²) in [6, 6.07) is 6.11. The second-order valence-electron chi connectivity index (χ2n) is 5.66. The predicted octanol–water partition coefficient (Wildman–Crippen LogP) is 0.537. The molecule has 0 bridgehead atoms. The van der Waals surface area contributed by atoms with E-state index in [1.54, 1.807) is 0 Å². The van der Waals surface area contributed by atoms with E-state index < -0.39 is 12.0 Å². The molecule has 0 aliphatic carbocycles. The Kier molecular flexibility index (Phi) is 3.63. The fourth-order valence-electron chi connectivity index (χ4n) is 3.13. The van der Waals surface area contributed by atoms with Crippen LogP contribution in [-0.2, 0) is 17.8 Å². The first-order valence-electron chi connectivity index (χ1n) is 7.15. The minimum absolute atomic E-state index is 0.417. The summed E-state index contributed by atoms with van der Waals surface area (Å²) in [6.45, 7) is 3.97. The van der Waals surface area contributed by atoms with Gasteiger partial charge in [0.25, 0.3) is 0 Å². The summed E-state index contributed by atoms with van der Waals surface area (Å²) in [4.78, 5) is 15.6. The number of carboxylic acid groups (broad SMARTS) is 1. The van der Waals surface area contributed by atoms with E-state index in [1.165, 1.54) is 16.8 Å². The molecule has 2 aliphatic rings. The van der Waals surface area contributed by atoms with Crippen molar-refractivity contribution < 1.29 is 9.90 Å². The summed E-state index contributed by atoms with van der Waals surface area (Å²) in [5.41, 5.74) is 3.91. The van der Waals surface area contributed by atoms with Gasteiger partial charge in [0.05, 0.1) is 0 Å². The Labute approximate surface area is 119 Å². The largest absolute Gasteiger partial charge is 0.480 e. The zero-order valence-electron chi connectivity index (χ0n) is 11.8. The first kappa shape index (κ1) is 13.4. The van der Waals surface area contributed by atoms with Crippen molar-refractivity contribution in [2.75, 3.05) is 38.1 Å². The summed E-state index contributed by atoms with van der Waals surface area (Å²) in [7, 11) is 2.11. The molecule has 20 heavy (non-hydrogen) atoms. The average Bonchev–Trinajstić information content (AvgIpc) is 2.80. The summed E-state index contributed by atoms with van der Waals surface area (Å²) >= 11 is 0. The number of nitrogens with zero attached hydrogens (tertiary/aromatic N) is 2. The topological polar surface area (TPSA) is 55.8 Å². The molecule has 2 aliphatic heterocycles. The SMILES string of the molecule is CN1CCc2cc(CN3CCNCC3C(=O)O)ccc21. The van der Waals surface area contributed by atoms with Crippen molar-refractivity contribution in [3.8, 4) is 0 Å². The zero-order valence-corrected chi connectivity index (χ0v) is 11.8. The fourth-order valence-corrected chi connectivity index (χ4v) is 3.13. The van der Waals surface area contributed by atoms with Crippen LogP contribution in [0.2, 0.25) is 0 Å². The van der Waals surface area contributed by atoms with Gasteiger partial charge in [-0.3, -0.25) is 9.69 Å². The average molecular weight is 275 g/mol. The number of carbonyl (C=O) groups is 1. The van der Waals surface area contributed by atoms with E-state index in [0.29, 0.717) is 6.54 Å². The van der Waals surface area contributed by atoms with Gasteiger partial charge < -0.3 is 15.3 Å². The molecule has 0 amide bonds. The van der Waals surface area contributed by atoms with Crippen LogP contribution in [0, 0.1) is 0 Å². The monoisotopic (exact) mass is 275 g/mol. The molecule has 5 heteroatoms. The molecular weight excluding hydrogens is 254 g/mol. The lowest BCUT2D eigenvalue weighted by Gasteiger charge is -2.33. The summed E-state index contributed by atoms with van der Waals surface area (Å²) < 4.78 is 0. The van der Waals surface area contributed by atoms with Crippen LogP contribution in [0.3, 0.4) is 0 Å². The standard InChI is InChI=1S/C15H21N3O2/c1-17-6-4-12-8-11(2-3-13(12)17)10-18-7-5-16-9-14(18)15(19)20/h2-3,8,14,16H,4-7,9-10H2,1H3,(H,19,20). The van der Waals surface area contributed by atoms with Gasteiger partial charge in [-0.05, 0) is 23.6 Å². The molecular formula is C15H21N3O2. The molecule has 3 rings (SSSR count). The molecule has 1 fully saturated rings. The number of aliphatic carboxylic acids is 1. The van der Waals surface area contributed by atoms with E-state index >= 15 is 0 Å². The third-order valence-electron chi connectivity index (χ3n) is 4.30. The van der Waals surface area contributed by atoms with E-state index in [-0.39, 0.29) is 0 Å². The van der Waals surface area contributed by atoms with E-state index in [1.807, 2.05) is 0 Å². The van der Waals surface area contributed by atoms with Gasteiger partial charge in [-0.25, -0.2) is 0 Å². The van der Waals surface area contributed by atoms with Crippen LogP contribution < -0.4 is 10.2 Å². The number of hydrogen-bond donors (Lipinski definition) is 2. The number of rotatable bonds is 3. The lowest BCUT2D eigenvalue weighted by molar-refractivity contribution is -0.144. The summed E-state index contributed by atoms with van der Waals surface area (Å²) in [6.07, 6.45) is 1.09. The van der Waals surface area contributed by atoms with Gasteiger partial charge in [-0.2, -0.15) is 0 Å². The minimum atomic E-state index is -0.738. The molecule has 2 heterocycles. The van der Waals surface area contributed by atoms with E-state index in [0.717, 1.165) is 32.6 Å². The Morgan fingerprint density at radius 3 is 3.10 bits per heavy atom. The molecule has 0 spiro atoms. The van der Waals surface area contributed by atoms with Crippen LogP contribution in [0.15, 0.2) is 18.2 Å². The summed E-state index contributed by atoms with van der Waals surface area (Å²) in [5, 5.41) is 12.4. The third-order valence-corrected chi connectivity index (χ3v) is 4.30. The molecule has 2 N–H and O–H groups in total. The number of benzene rings is 1. The second-order valence-corrected chi connectivity index (χ2v) is 5.66.